The van der Waals surface area contributed by atoms with Gasteiger partial charge in [0.15, 0.2) is 11.6 Å². The topological polar surface area (TPSA) is 57.8 Å². The number of hydrogen-bond donors (Lipinski definition) is 2. The van der Waals surface area contributed by atoms with Gasteiger partial charge in [0.2, 0.25) is 0 Å². The molecule has 0 fully saturated rings. The lowest BCUT2D eigenvalue weighted by atomic mass is 10.2. The number of carbonyl (C=O) groups excluding carboxylic acids is 1. The Morgan fingerprint density at radius 2 is 2.12 bits per heavy atom. The molecule has 1 aromatic carbocycles. The van der Waals surface area contributed by atoms with Crippen LogP contribution in [0.5, 0.6) is 0 Å². The zero-order chi connectivity index (χ0) is 11.5. The van der Waals surface area contributed by atoms with E-state index >= 15 is 0 Å². The van der Waals surface area contributed by atoms with Crippen molar-refractivity contribution in [1.82, 2.24) is 10.2 Å². The van der Waals surface area contributed by atoms with Crippen LogP contribution in [0.2, 0.25) is 0 Å². The number of rotatable bonds is 2. The van der Waals surface area contributed by atoms with Crippen LogP contribution in [0.15, 0.2) is 30.6 Å². The number of amides is 1. The summed E-state index contributed by atoms with van der Waals surface area (Å²) in [5.41, 5.74) is 0.495. The van der Waals surface area contributed by atoms with E-state index in [0.717, 1.165) is 12.1 Å². The molecule has 2 rings (SSSR count). The van der Waals surface area contributed by atoms with Gasteiger partial charge in [-0.3, -0.25) is 9.89 Å². The predicted molar refractivity (Wildman–Crippen MR) is 52.9 cm³/mol. The highest BCUT2D eigenvalue weighted by Gasteiger charge is 2.09. The molecule has 16 heavy (non-hydrogen) atoms. The molecule has 0 unspecified atom stereocenters. The summed E-state index contributed by atoms with van der Waals surface area (Å²) in [5, 5.41) is 8.60. The molecule has 0 atom stereocenters. The molecule has 4 nitrogen and oxygen atoms in total. The molecule has 0 spiro atoms. The number of anilines is 1. The van der Waals surface area contributed by atoms with Crippen molar-refractivity contribution in [2.75, 3.05) is 5.32 Å². The Kier molecular flexibility index (Phi) is 2.63. The van der Waals surface area contributed by atoms with Crippen molar-refractivity contribution < 1.29 is 13.6 Å². The molecule has 1 aromatic heterocycles. The fraction of sp³-hybridized carbons (Fsp3) is 0. The first-order valence-corrected chi connectivity index (χ1v) is 4.42. The molecule has 1 amide bonds. The fourth-order valence-electron chi connectivity index (χ4n) is 1.16. The molecule has 0 aliphatic carbocycles. The molecular weight excluding hydrogens is 216 g/mol. The molecule has 0 saturated heterocycles. The van der Waals surface area contributed by atoms with Gasteiger partial charge in [0, 0.05) is 11.8 Å². The van der Waals surface area contributed by atoms with Crippen LogP contribution in [0, 0.1) is 11.6 Å². The molecule has 0 radical (unpaired) electrons. The van der Waals surface area contributed by atoms with Crippen molar-refractivity contribution in [1.29, 1.82) is 0 Å². The average Bonchev–Trinajstić information content (AvgIpc) is 2.74. The minimum absolute atomic E-state index is 0.0418. The predicted octanol–water partition coefficient (Wildman–Crippen LogP) is 1.94. The highest BCUT2D eigenvalue weighted by molar-refractivity contribution is 6.04. The Bertz CT molecular complexity index is 511. The third-order valence-corrected chi connectivity index (χ3v) is 1.94. The van der Waals surface area contributed by atoms with Gasteiger partial charge in [0.25, 0.3) is 5.91 Å². The summed E-state index contributed by atoms with van der Waals surface area (Å²) in [6, 6.07) is 2.94. The van der Waals surface area contributed by atoms with Crippen molar-refractivity contribution in [3.05, 3.63) is 47.8 Å². The molecule has 6 heteroatoms. The number of carbonyl (C=O) groups is 1. The third kappa shape index (κ3) is 2.05. The second-order valence-electron chi connectivity index (χ2n) is 3.07. The lowest BCUT2D eigenvalue weighted by Gasteiger charge is -2.02. The minimum Gasteiger partial charge on any atom is -0.319 e. The standard InChI is InChI=1S/C10H7F2N3O/c11-8-2-1-6(3-9(8)12)10(16)15-7-4-13-14-5-7/h1-5H,(H,13,14)(H,15,16). The van der Waals surface area contributed by atoms with Crippen LogP contribution in [0.3, 0.4) is 0 Å². The average molecular weight is 223 g/mol. The van der Waals surface area contributed by atoms with E-state index in [-0.39, 0.29) is 5.56 Å². The Labute approximate surface area is 89.3 Å². The van der Waals surface area contributed by atoms with E-state index in [2.05, 4.69) is 15.5 Å². The molecule has 0 aliphatic heterocycles. The van der Waals surface area contributed by atoms with Crippen LogP contribution < -0.4 is 5.32 Å². The highest BCUT2D eigenvalue weighted by atomic mass is 19.2. The largest absolute Gasteiger partial charge is 0.319 e. The molecule has 1 heterocycles. The van der Waals surface area contributed by atoms with Gasteiger partial charge < -0.3 is 5.32 Å². The molecule has 2 aromatic rings. The maximum absolute atomic E-state index is 12.8. The number of aromatic nitrogens is 2. The van der Waals surface area contributed by atoms with Crippen LogP contribution in [-0.4, -0.2) is 16.1 Å². The maximum atomic E-state index is 12.8. The normalized spacial score (nSPS) is 10.1. The van der Waals surface area contributed by atoms with E-state index in [1.807, 2.05) is 0 Å². The van der Waals surface area contributed by atoms with Crippen LogP contribution >= 0.6 is 0 Å². The first-order valence-electron chi connectivity index (χ1n) is 4.42. The Morgan fingerprint density at radius 3 is 2.75 bits per heavy atom. The summed E-state index contributed by atoms with van der Waals surface area (Å²) in [7, 11) is 0. The van der Waals surface area contributed by atoms with Crippen LogP contribution in [0.25, 0.3) is 0 Å². The summed E-state index contributed by atoms with van der Waals surface area (Å²) < 4.78 is 25.5. The molecular formula is C10H7F2N3O. The number of benzene rings is 1. The third-order valence-electron chi connectivity index (χ3n) is 1.94. The van der Waals surface area contributed by atoms with E-state index in [1.165, 1.54) is 18.5 Å². The van der Waals surface area contributed by atoms with Crippen LogP contribution in [-0.2, 0) is 0 Å². The summed E-state index contributed by atoms with van der Waals surface area (Å²) >= 11 is 0. The van der Waals surface area contributed by atoms with Gasteiger partial charge in [0.05, 0.1) is 11.9 Å². The quantitative estimate of drug-likeness (QED) is 0.817. The number of hydrogen-bond acceptors (Lipinski definition) is 2. The Balaban J connectivity index is 2.18. The fourth-order valence-corrected chi connectivity index (χ4v) is 1.16. The van der Waals surface area contributed by atoms with E-state index in [9.17, 15) is 13.6 Å². The zero-order valence-electron chi connectivity index (χ0n) is 8.00. The molecule has 2 N–H and O–H groups in total. The Morgan fingerprint density at radius 1 is 1.31 bits per heavy atom. The summed E-state index contributed by atoms with van der Waals surface area (Å²) in [6.45, 7) is 0. The van der Waals surface area contributed by atoms with Crippen LogP contribution in [0.4, 0.5) is 14.5 Å². The summed E-state index contributed by atoms with van der Waals surface area (Å²) in [4.78, 5) is 11.5. The van der Waals surface area contributed by atoms with Crippen molar-refractivity contribution in [2.45, 2.75) is 0 Å². The molecule has 82 valence electrons. The molecule has 0 bridgehead atoms. The lowest BCUT2D eigenvalue weighted by molar-refractivity contribution is 0.102. The van der Waals surface area contributed by atoms with Gasteiger partial charge in [-0.15, -0.1) is 0 Å². The number of nitrogens with zero attached hydrogens (tertiary/aromatic N) is 1. The maximum Gasteiger partial charge on any atom is 0.255 e. The van der Waals surface area contributed by atoms with E-state index < -0.39 is 17.5 Å². The number of halogens is 2. The van der Waals surface area contributed by atoms with Crippen molar-refractivity contribution >= 4 is 11.6 Å². The van der Waals surface area contributed by atoms with Crippen molar-refractivity contribution in [3.63, 3.8) is 0 Å². The van der Waals surface area contributed by atoms with Crippen molar-refractivity contribution in [2.24, 2.45) is 0 Å². The van der Waals surface area contributed by atoms with Gasteiger partial charge in [-0.1, -0.05) is 0 Å². The highest BCUT2D eigenvalue weighted by Crippen LogP contribution is 2.11. The molecule has 0 aliphatic rings. The van der Waals surface area contributed by atoms with Crippen LogP contribution in [0.1, 0.15) is 10.4 Å². The minimum atomic E-state index is -1.06. The second kappa shape index (κ2) is 4.09. The first-order chi connectivity index (χ1) is 7.66. The first kappa shape index (κ1) is 10.3. The van der Waals surface area contributed by atoms with E-state index in [0.29, 0.717) is 5.69 Å². The summed E-state index contributed by atoms with van der Waals surface area (Å²) in [6.07, 6.45) is 2.87. The van der Waals surface area contributed by atoms with Gasteiger partial charge >= 0.3 is 0 Å². The molecule has 0 saturated carbocycles. The number of aromatic amines is 1. The van der Waals surface area contributed by atoms with Gasteiger partial charge in [-0.2, -0.15) is 5.10 Å². The number of H-pyrrole nitrogens is 1. The van der Waals surface area contributed by atoms with E-state index in [4.69, 9.17) is 0 Å². The SMILES string of the molecule is O=C(Nc1cn[nH]c1)c1ccc(F)c(F)c1. The zero-order valence-corrected chi connectivity index (χ0v) is 8.00. The smallest absolute Gasteiger partial charge is 0.255 e. The number of nitrogens with one attached hydrogen (secondary N) is 2. The van der Waals surface area contributed by atoms with Gasteiger partial charge in [-0.05, 0) is 18.2 Å². The lowest BCUT2D eigenvalue weighted by Crippen LogP contribution is -2.11. The van der Waals surface area contributed by atoms with Gasteiger partial charge in [0.1, 0.15) is 0 Å². The summed E-state index contributed by atoms with van der Waals surface area (Å²) in [5.74, 6) is -2.57. The monoisotopic (exact) mass is 223 g/mol. The second-order valence-corrected chi connectivity index (χ2v) is 3.07. The van der Waals surface area contributed by atoms with E-state index in [1.54, 1.807) is 0 Å². The Hall–Kier alpha value is -2.24. The van der Waals surface area contributed by atoms with Crippen molar-refractivity contribution in [3.8, 4) is 0 Å². The van der Waals surface area contributed by atoms with Gasteiger partial charge in [-0.25, -0.2) is 8.78 Å².